The molecule has 3 aromatic rings. The number of rotatable bonds is 5. The van der Waals surface area contributed by atoms with Gasteiger partial charge in [0.25, 0.3) is 5.91 Å². The monoisotopic (exact) mass is 405 g/mol. The first-order chi connectivity index (χ1) is 14.7. The third-order valence-electron chi connectivity index (χ3n) is 6.17. The zero-order chi connectivity index (χ0) is 20.7. The summed E-state index contributed by atoms with van der Waals surface area (Å²) in [4.78, 5) is 15.4. The topological polar surface area (TPSA) is 82.4 Å². The molecule has 154 valence electrons. The van der Waals surface area contributed by atoms with Crippen LogP contribution in [0.4, 0.5) is 0 Å². The summed E-state index contributed by atoms with van der Waals surface area (Å²) in [7, 11) is 3.22. The Hall–Kier alpha value is -3.42. The molecule has 2 bridgehead atoms. The smallest absolute Gasteiger partial charge is 0.254 e. The Balaban J connectivity index is 1.58. The summed E-state index contributed by atoms with van der Waals surface area (Å²) in [5.41, 5.74) is 3.18. The van der Waals surface area contributed by atoms with Crippen LogP contribution in [0.25, 0.3) is 16.8 Å². The third-order valence-corrected chi connectivity index (χ3v) is 6.17. The summed E-state index contributed by atoms with van der Waals surface area (Å²) in [5.74, 6) is 2.00. The number of likely N-dealkylation sites (tertiary alicyclic amines) is 1. The first-order valence-electron chi connectivity index (χ1n) is 10.1. The van der Waals surface area contributed by atoms with Crippen molar-refractivity contribution in [2.45, 2.75) is 25.3 Å². The van der Waals surface area contributed by atoms with E-state index in [9.17, 15) is 4.79 Å². The van der Waals surface area contributed by atoms with E-state index >= 15 is 0 Å². The second-order valence-electron chi connectivity index (χ2n) is 7.88. The summed E-state index contributed by atoms with van der Waals surface area (Å²) in [5, 5.41) is 11.5. The van der Waals surface area contributed by atoms with E-state index in [1.807, 2.05) is 41.3 Å². The maximum Gasteiger partial charge on any atom is 0.254 e. The zero-order valence-corrected chi connectivity index (χ0v) is 17.0. The van der Waals surface area contributed by atoms with E-state index < -0.39 is 0 Å². The molecule has 0 spiro atoms. The summed E-state index contributed by atoms with van der Waals surface area (Å²) >= 11 is 0. The number of hydrogen-bond acceptors (Lipinski definition) is 6. The molecular formula is C22H23N5O3. The first kappa shape index (κ1) is 18.6. The highest BCUT2D eigenvalue weighted by Crippen LogP contribution is 2.39. The lowest BCUT2D eigenvalue weighted by atomic mass is 10.00. The van der Waals surface area contributed by atoms with Crippen molar-refractivity contribution >= 4 is 5.91 Å². The van der Waals surface area contributed by atoms with Gasteiger partial charge in [-0.1, -0.05) is 6.07 Å². The summed E-state index contributed by atoms with van der Waals surface area (Å²) in [6.07, 6.45) is 4.99. The number of benzene rings is 2. The molecule has 8 nitrogen and oxygen atoms in total. The number of nitrogens with zero attached hydrogens (tertiary/aromatic N) is 5. The van der Waals surface area contributed by atoms with Crippen LogP contribution in [-0.4, -0.2) is 57.8 Å². The molecule has 2 aromatic carbocycles. The Labute approximate surface area is 174 Å². The average Bonchev–Trinajstić information content (AvgIpc) is 3.56. The molecule has 2 unspecified atom stereocenters. The Morgan fingerprint density at radius 3 is 2.57 bits per heavy atom. The normalized spacial score (nSPS) is 19.9. The second-order valence-corrected chi connectivity index (χ2v) is 7.88. The van der Waals surface area contributed by atoms with Gasteiger partial charge in [0, 0.05) is 18.2 Å². The van der Waals surface area contributed by atoms with Gasteiger partial charge in [-0.25, -0.2) is 4.68 Å². The number of tetrazole rings is 1. The summed E-state index contributed by atoms with van der Waals surface area (Å²) < 4.78 is 12.4. The van der Waals surface area contributed by atoms with Gasteiger partial charge in [-0.05, 0) is 77.1 Å². The molecule has 1 aliphatic carbocycles. The van der Waals surface area contributed by atoms with Gasteiger partial charge in [-0.2, -0.15) is 0 Å². The molecule has 0 radical (unpaired) electrons. The molecule has 1 saturated carbocycles. The van der Waals surface area contributed by atoms with Crippen LogP contribution < -0.4 is 9.47 Å². The van der Waals surface area contributed by atoms with Crippen LogP contribution in [0.2, 0.25) is 0 Å². The van der Waals surface area contributed by atoms with Gasteiger partial charge in [0.1, 0.15) is 6.33 Å². The Bertz CT molecular complexity index is 1080. The number of carbonyl (C=O) groups excluding carboxylic acids is 1. The van der Waals surface area contributed by atoms with Gasteiger partial charge >= 0.3 is 0 Å². The number of fused-ring (bicyclic) bond motifs is 2. The molecule has 1 saturated heterocycles. The molecule has 2 aliphatic rings. The fourth-order valence-corrected chi connectivity index (χ4v) is 4.67. The zero-order valence-electron chi connectivity index (χ0n) is 17.0. The Morgan fingerprint density at radius 2 is 1.90 bits per heavy atom. The quantitative estimate of drug-likeness (QED) is 0.649. The van der Waals surface area contributed by atoms with Crippen molar-refractivity contribution in [2.24, 2.45) is 5.92 Å². The number of methoxy groups -OCH3 is 2. The van der Waals surface area contributed by atoms with Crippen LogP contribution in [0, 0.1) is 5.92 Å². The number of aromatic nitrogens is 4. The third kappa shape index (κ3) is 3.18. The van der Waals surface area contributed by atoms with Crippen molar-refractivity contribution in [1.29, 1.82) is 0 Å². The maximum atomic E-state index is 13.4. The van der Waals surface area contributed by atoms with Gasteiger partial charge in [-0.3, -0.25) is 4.79 Å². The lowest BCUT2D eigenvalue weighted by Gasteiger charge is -2.27. The van der Waals surface area contributed by atoms with Crippen molar-refractivity contribution in [3.8, 4) is 28.3 Å². The van der Waals surface area contributed by atoms with Crippen molar-refractivity contribution in [2.75, 3.05) is 20.8 Å². The van der Waals surface area contributed by atoms with Crippen molar-refractivity contribution in [1.82, 2.24) is 25.1 Å². The van der Waals surface area contributed by atoms with Crippen LogP contribution in [0.3, 0.4) is 0 Å². The number of amides is 1. The van der Waals surface area contributed by atoms with E-state index in [2.05, 4.69) is 15.5 Å². The molecule has 0 N–H and O–H groups in total. The van der Waals surface area contributed by atoms with Gasteiger partial charge < -0.3 is 14.4 Å². The lowest BCUT2D eigenvalue weighted by molar-refractivity contribution is 0.0703. The molecule has 1 aliphatic heterocycles. The number of piperidine rings is 1. The van der Waals surface area contributed by atoms with E-state index in [0.717, 1.165) is 36.2 Å². The minimum Gasteiger partial charge on any atom is -0.493 e. The van der Waals surface area contributed by atoms with Gasteiger partial charge in [-0.15, -0.1) is 5.10 Å². The fraction of sp³-hybridized carbons (Fsp3) is 0.364. The molecule has 2 atom stereocenters. The van der Waals surface area contributed by atoms with Crippen LogP contribution in [0.1, 0.15) is 29.6 Å². The highest BCUT2D eigenvalue weighted by molar-refractivity contribution is 5.97. The van der Waals surface area contributed by atoms with Crippen LogP contribution in [-0.2, 0) is 0 Å². The molecule has 1 aromatic heterocycles. The minimum absolute atomic E-state index is 0.0684. The van der Waals surface area contributed by atoms with Crippen LogP contribution in [0.15, 0.2) is 42.7 Å². The molecule has 2 heterocycles. The minimum atomic E-state index is 0.0684. The molecule has 5 rings (SSSR count). The van der Waals surface area contributed by atoms with E-state index in [0.29, 0.717) is 29.0 Å². The average molecular weight is 405 g/mol. The van der Waals surface area contributed by atoms with Gasteiger partial charge in [0.2, 0.25) is 0 Å². The number of hydrogen-bond donors (Lipinski definition) is 0. The van der Waals surface area contributed by atoms with Gasteiger partial charge in [0.05, 0.1) is 19.9 Å². The standard InChI is InChI=1S/C22H23N5O3/c1-29-20-6-4-15(11-21(20)30-2)16-8-17(10-19(9-16)27-13-23-24-25-27)22(28)26-12-14-3-5-18(26)7-14/h4,6,8-11,13-14,18H,3,5,7,12H2,1-2H3. The number of ether oxygens (including phenoxy) is 2. The van der Waals surface area contributed by atoms with E-state index in [1.54, 1.807) is 18.9 Å². The summed E-state index contributed by atoms with van der Waals surface area (Å²) in [6.45, 7) is 0.851. The predicted octanol–water partition coefficient (Wildman–Crippen LogP) is 2.97. The molecular weight excluding hydrogens is 382 g/mol. The SMILES string of the molecule is COc1ccc(-c2cc(C(=O)N3CC4CCC3C4)cc(-n3cnnn3)c2)cc1OC. The lowest BCUT2D eigenvalue weighted by Crippen LogP contribution is -2.37. The highest BCUT2D eigenvalue weighted by Gasteiger charge is 2.40. The van der Waals surface area contributed by atoms with Crippen molar-refractivity contribution in [3.63, 3.8) is 0 Å². The van der Waals surface area contributed by atoms with E-state index in [4.69, 9.17) is 9.47 Å². The van der Waals surface area contributed by atoms with Crippen LogP contribution >= 0.6 is 0 Å². The largest absolute Gasteiger partial charge is 0.493 e. The first-order valence-corrected chi connectivity index (χ1v) is 10.1. The Morgan fingerprint density at radius 1 is 1.03 bits per heavy atom. The molecule has 8 heteroatoms. The molecule has 30 heavy (non-hydrogen) atoms. The second kappa shape index (κ2) is 7.44. The highest BCUT2D eigenvalue weighted by atomic mass is 16.5. The van der Waals surface area contributed by atoms with Crippen LogP contribution in [0.5, 0.6) is 11.5 Å². The number of carbonyl (C=O) groups is 1. The Kier molecular flexibility index (Phi) is 4.61. The van der Waals surface area contributed by atoms with E-state index in [1.165, 1.54) is 12.7 Å². The van der Waals surface area contributed by atoms with Crippen molar-refractivity contribution < 1.29 is 14.3 Å². The van der Waals surface area contributed by atoms with Crippen molar-refractivity contribution in [3.05, 3.63) is 48.3 Å². The molecule has 1 amide bonds. The fourth-order valence-electron chi connectivity index (χ4n) is 4.67. The summed E-state index contributed by atoms with van der Waals surface area (Å²) in [6, 6.07) is 11.8. The molecule has 2 fully saturated rings. The van der Waals surface area contributed by atoms with E-state index in [-0.39, 0.29) is 5.91 Å². The predicted molar refractivity (Wildman–Crippen MR) is 110 cm³/mol. The van der Waals surface area contributed by atoms with Gasteiger partial charge in [0.15, 0.2) is 11.5 Å². The maximum absolute atomic E-state index is 13.4.